The smallest absolute Gasteiger partial charge is 0.302 e. The monoisotopic (exact) mass is 605 g/mol. The number of fused-ring (bicyclic) bond motifs is 8. The van der Waals surface area contributed by atoms with Crippen LogP contribution in [0.3, 0.4) is 0 Å². The van der Waals surface area contributed by atoms with Gasteiger partial charge >= 0.3 is 5.97 Å². The van der Waals surface area contributed by atoms with Gasteiger partial charge in [0.25, 0.3) is 0 Å². The Morgan fingerprint density at radius 3 is 2.45 bits per heavy atom. The van der Waals surface area contributed by atoms with Crippen LogP contribution in [0.4, 0.5) is 0 Å². The molecule has 5 aliphatic carbocycles. The van der Waals surface area contributed by atoms with Crippen LogP contribution in [-0.2, 0) is 30.9 Å². The number of aromatic nitrogens is 2. The van der Waals surface area contributed by atoms with Gasteiger partial charge < -0.3 is 14.4 Å². The number of ether oxygens (including phenoxy) is 2. The molecule has 0 bridgehead atoms. The molecule has 0 unspecified atom stereocenters. The van der Waals surface area contributed by atoms with E-state index >= 15 is 0 Å². The summed E-state index contributed by atoms with van der Waals surface area (Å²) >= 11 is 0. The number of allylic oxidation sites excluding steroid dienone is 1. The first-order valence-corrected chi connectivity index (χ1v) is 17.5. The van der Waals surface area contributed by atoms with Crippen molar-refractivity contribution in [3.8, 4) is 0 Å². The van der Waals surface area contributed by atoms with E-state index in [9.17, 15) is 9.59 Å². The van der Waals surface area contributed by atoms with Crippen LogP contribution in [0.5, 0.6) is 0 Å². The quantitative estimate of drug-likeness (QED) is 0.314. The van der Waals surface area contributed by atoms with Crippen molar-refractivity contribution in [3.05, 3.63) is 29.6 Å². The van der Waals surface area contributed by atoms with Crippen molar-refractivity contribution in [1.29, 1.82) is 0 Å². The second-order valence-electron chi connectivity index (χ2n) is 16.9. The Morgan fingerprint density at radius 2 is 1.75 bits per heavy atom. The van der Waals surface area contributed by atoms with Crippen LogP contribution in [0.15, 0.2) is 18.3 Å². The molecule has 4 saturated carbocycles. The van der Waals surface area contributed by atoms with Crippen molar-refractivity contribution in [1.82, 2.24) is 15.1 Å². The van der Waals surface area contributed by atoms with Gasteiger partial charge in [0.15, 0.2) is 0 Å². The van der Waals surface area contributed by atoms with Gasteiger partial charge in [0.1, 0.15) is 6.61 Å². The van der Waals surface area contributed by atoms with Crippen molar-refractivity contribution >= 4 is 11.9 Å². The number of hydrogen-bond acceptors (Lipinski definition) is 5. The lowest BCUT2D eigenvalue weighted by Gasteiger charge is -2.72. The van der Waals surface area contributed by atoms with Gasteiger partial charge in [0, 0.05) is 31.1 Å². The maximum atomic E-state index is 14.6. The fraction of sp³-hybridized carbons (Fsp3) is 0.811. The lowest BCUT2D eigenvalue weighted by atomic mass is 9.32. The SMILES string of the molecule is C=C(C)[C@@H]1CC[C@]2(C(=O)N3CCOCC3)CC[C@]3(C)[C@H](CC[C@@H]4[C@@]5(C)Cc6cn[nH]c6[C@@](C)(COC(C)=O)[C@@H]5CC[C@]43C)[C@@H]12. The summed E-state index contributed by atoms with van der Waals surface area (Å²) in [5, 5.41) is 7.87. The molecule has 1 saturated heterocycles. The van der Waals surface area contributed by atoms with Crippen molar-refractivity contribution in [2.75, 3.05) is 32.9 Å². The molecule has 1 aromatic heterocycles. The van der Waals surface area contributed by atoms with Gasteiger partial charge in [-0.15, -0.1) is 0 Å². The average Bonchev–Trinajstić information content (AvgIpc) is 3.62. The zero-order valence-corrected chi connectivity index (χ0v) is 28.1. The number of nitrogens with one attached hydrogen (secondary N) is 1. The molecule has 242 valence electrons. The summed E-state index contributed by atoms with van der Waals surface area (Å²) in [5.74, 6) is 2.48. The van der Waals surface area contributed by atoms with Crippen LogP contribution in [-0.4, -0.2) is 59.9 Å². The van der Waals surface area contributed by atoms with Crippen molar-refractivity contribution in [2.45, 2.75) is 105 Å². The Hall–Kier alpha value is -2.15. The Labute approximate surface area is 264 Å². The molecule has 1 aliphatic heterocycles. The number of nitrogens with zero attached hydrogens (tertiary/aromatic N) is 2. The molecule has 0 spiro atoms. The topological polar surface area (TPSA) is 84.5 Å². The minimum Gasteiger partial charge on any atom is -0.465 e. The van der Waals surface area contributed by atoms with Crippen LogP contribution in [0, 0.1) is 51.2 Å². The summed E-state index contributed by atoms with van der Waals surface area (Å²) in [7, 11) is 0. The molecule has 7 nitrogen and oxygen atoms in total. The molecule has 2 heterocycles. The molecular formula is C37H55N3O4. The molecule has 44 heavy (non-hydrogen) atoms. The molecule has 1 amide bonds. The highest BCUT2D eigenvalue weighted by Gasteiger charge is 2.72. The molecule has 0 aromatic carbocycles. The lowest BCUT2D eigenvalue weighted by Crippen LogP contribution is -2.68. The lowest BCUT2D eigenvalue weighted by molar-refractivity contribution is -0.229. The largest absolute Gasteiger partial charge is 0.465 e. The van der Waals surface area contributed by atoms with Gasteiger partial charge in [0.2, 0.25) is 5.91 Å². The molecule has 10 atom stereocenters. The highest BCUT2D eigenvalue weighted by atomic mass is 16.5. The summed E-state index contributed by atoms with van der Waals surface area (Å²) in [5.41, 5.74) is 3.61. The third kappa shape index (κ3) is 3.92. The van der Waals surface area contributed by atoms with Crippen molar-refractivity contribution in [2.24, 2.45) is 51.2 Å². The van der Waals surface area contributed by atoms with E-state index in [-0.39, 0.29) is 33.0 Å². The molecule has 6 aliphatic rings. The first-order valence-electron chi connectivity index (χ1n) is 17.5. The molecule has 1 aromatic rings. The van der Waals surface area contributed by atoms with Gasteiger partial charge in [0.05, 0.1) is 24.8 Å². The van der Waals surface area contributed by atoms with Crippen LogP contribution < -0.4 is 0 Å². The van der Waals surface area contributed by atoms with Crippen molar-refractivity contribution < 1.29 is 19.1 Å². The van der Waals surface area contributed by atoms with Gasteiger partial charge in [-0.05, 0) is 116 Å². The summed E-state index contributed by atoms with van der Waals surface area (Å²) in [6.07, 6.45) is 12.0. The summed E-state index contributed by atoms with van der Waals surface area (Å²) in [6.45, 7) is 21.6. The third-order valence-electron chi connectivity index (χ3n) is 15.3. The van der Waals surface area contributed by atoms with Crippen LogP contribution in [0.1, 0.15) is 104 Å². The zero-order chi connectivity index (χ0) is 31.3. The number of carbonyl (C=O) groups is 2. The number of morpholine rings is 1. The van der Waals surface area contributed by atoms with E-state index in [1.165, 1.54) is 43.0 Å². The van der Waals surface area contributed by atoms with E-state index in [1.807, 2.05) is 6.20 Å². The van der Waals surface area contributed by atoms with Gasteiger partial charge in [-0.25, -0.2) is 0 Å². The van der Waals surface area contributed by atoms with E-state index in [0.29, 0.717) is 55.3 Å². The number of H-pyrrole nitrogens is 1. The predicted molar refractivity (Wildman–Crippen MR) is 170 cm³/mol. The number of esters is 1. The maximum absolute atomic E-state index is 14.6. The number of amides is 1. The van der Waals surface area contributed by atoms with Crippen LogP contribution in [0.25, 0.3) is 0 Å². The number of carbonyl (C=O) groups excluding carboxylic acids is 2. The van der Waals surface area contributed by atoms with E-state index < -0.39 is 0 Å². The molecule has 7 heteroatoms. The normalized spacial score (nSPS) is 46.1. The van der Waals surface area contributed by atoms with E-state index in [0.717, 1.165) is 51.6 Å². The molecule has 1 N–H and O–H groups in total. The van der Waals surface area contributed by atoms with Crippen LogP contribution >= 0.6 is 0 Å². The first kappa shape index (κ1) is 30.5. The average molecular weight is 606 g/mol. The Bertz CT molecular complexity index is 1350. The fourth-order valence-electron chi connectivity index (χ4n) is 13.2. The van der Waals surface area contributed by atoms with Gasteiger partial charge in [-0.1, -0.05) is 39.8 Å². The van der Waals surface area contributed by atoms with E-state index in [2.05, 4.69) is 56.3 Å². The highest BCUT2D eigenvalue weighted by Crippen LogP contribution is 2.77. The molecule has 0 radical (unpaired) electrons. The Kier molecular flexibility index (Phi) is 7.05. The number of aromatic amines is 1. The first-order chi connectivity index (χ1) is 20.8. The molecule has 7 rings (SSSR count). The van der Waals surface area contributed by atoms with Gasteiger partial charge in [-0.3, -0.25) is 14.7 Å². The predicted octanol–water partition coefficient (Wildman–Crippen LogP) is 6.48. The fourth-order valence-corrected chi connectivity index (χ4v) is 13.2. The van der Waals surface area contributed by atoms with Gasteiger partial charge in [-0.2, -0.15) is 5.10 Å². The maximum Gasteiger partial charge on any atom is 0.302 e. The van der Waals surface area contributed by atoms with Crippen molar-refractivity contribution in [3.63, 3.8) is 0 Å². The molecule has 5 fully saturated rings. The third-order valence-corrected chi connectivity index (χ3v) is 15.3. The van der Waals surface area contributed by atoms with Crippen LogP contribution in [0.2, 0.25) is 0 Å². The number of rotatable bonds is 4. The summed E-state index contributed by atoms with van der Waals surface area (Å²) in [4.78, 5) is 28.8. The highest BCUT2D eigenvalue weighted by molar-refractivity contribution is 5.84. The minimum absolute atomic E-state index is 0.0777. The Balaban J connectivity index is 1.27. The zero-order valence-electron chi connectivity index (χ0n) is 28.1. The summed E-state index contributed by atoms with van der Waals surface area (Å²) < 4.78 is 11.5. The molecular weight excluding hydrogens is 550 g/mol. The summed E-state index contributed by atoms with van der Waals surface area (Å²) in [6, 6.07) is 0. The second-order valence-corrected chi connectivity index (χ2v) is 16.9. The Morgan fingerprint density at radius 1 is 1.00 bits per heavy atom. The minimum atomic E-state index is -0.285. The van der Waals surface area contributed by atoms with E-state index in [4.69, 9.17) is 9.47 Å². The standard InChI is InChI=1S/C37H55N3O4/c1-23(2)26-10-13-37(32(42)40-16-18-43-19-17-40)15-14-35(6)27(30(26)37)8-9-29-33(4)20-25-21-38-39-31(25)34(5,22-44-24(3)41)28(33)11-12-36(29,35)7/h21,26-30H,1,8-20,22H2,2-7H3,(H,38,39)/t26-,27+,28+,29+,30+,33-,34-,35+,36+,37-/m0/s1. The number of hydrogen-bond donors (Lipinski definition) is 1. The van der Waals surface area contributed by atoms with E-state index in [1.54, 1.807) is 0 Å². The second kappa shape index (κ2) is 10.2.